The van der Waals surface area contributed by atoms with E-state index in [0.29, 0.717) is 81.9 Å². The number of piperidine rings is 1. The molecular formula is C31H36F3N7O2. The number of rotatable bonds is 7. The summed E-state index contributed by atoms with van der Waals surface area (Å²) in [5, 5.41) is 18.5. The van der Waals surface area contributed by atoms with Crippen molar-refractivity contribution in [3.63, 3.8) is 0 Å². The molecule has 12 heteroatoms. The number of pyridine rings is 2. The maximum absolute atomic E-state index is 14.0. The number of carbonyl (C=O) groups is 1. The van der Waals surface area contributed by atoms with Gasteiger partial charge in [-0.3, -0.25) is 9.78 Å². The van der Waals surface area contributed by atoms with Crippen molar-refractivity contribution in [3.8, 4) is 11.4 Å². The predicted molar refractivity (Wildman–Crippen MR) is 154 cm³/mol. The third kappa shape index (κ3) is 6.27. The number of anilines is 1. The van der Waals surface area contributed by atoms with Crippen molar-refractivity contribution in [3.05, 3.63) is 66.4 Å². The Kier molecular flexibility index (Phi) is 8.18. The zero-order valence-electron chi connectivity index (χ0n) is 23.9. The summed E-state index contributed by atoms with van der Waals surface area (Å²) in [5.41, 5.74) is -1.03. The monoisotopic (exact) mass is 595 g/mol. The smallest absolute Gasteiger partial charge is 0.384 e. The van der Waals surface area contributed by atoms with Crippen LogP contribution >= 0.6 is 0 Å². The highest BCUT2D eigenvalue weighted by atomic mass is 19.4. The fourth-order valence-electron chi connectivity index (χ4n) is 6.76. The fourth-order valence-corrected chi connectivity index (χ4v) is 6.76. The largest absolute Gasteiger partial charge is 0.416 e. The van der Waals surface area contributed by atoms with E-state index in [0.717, 1.165) is 24.2 Å². The van der Waals surface area contributed by atoms with Gasteiger partial charge in [-0.25, -0.2) is 15.0 Å². The van der Waals surface area contributed by atoms with E-state index in [-0.39, 0.29) is 17.7 Å². The average molecular weight is 596 g/mol. The van der Waals surface area contributed by atoms with Crippen LogP contribution in [0.4, 0.5) is 19.0 Å². The van der Waals surface area contributed by atoms with E-state index in [2.05, 4.69) is 30.6 Å². The molecule has 0 unspecified atom stereocenters. The van der Waals surface area contributed by atoms with Crippen LogP contribution < -0.4 is 15.5 Å². The Morgan fingerprint density at radius 2 is 1.72 bits per heavy atom. The molecule has 6 rings (SSSR count). The molecule has 3 N–H and O–H groups in total. The Labute approximate surface area is 248 Å². The Balaban J connectivity index is 1.06. The Morgan fingerprint density at radius 3 is 2.35 bits per heavy atom. The zero-order valence-corrected chi connectivity index (χ0v) is 23.9. The van der Waals surface area contributed by atoms with Crippen molar-refractivity contribution >= 4 is 11.6 Å². The molecule has 0 spiro atoms. The number of hydrogen-bond acceptors (Lipinski definition) is 9. The minimum absolute atomic E-state index is 0.0792. The summed E-state index contributed by atoms with van der Waals surface area (Å²) in [6.07, 6.45) is 6.10. The number of aliphatic hydroxyl groups is 1. The first-order chi connectivity index (χ1) is 20.7. The van der Waals surface area contributed by atoms with Gasteiger partial charge < -0.3 is 20.6 Å². The second kappa shape index (κ2) is 11.9. The maximum Gasteiger partial charge on any atom is 0.416 e. The summed E-state index contributed by atoms with van der Waals surface area (Å²) in [4.78, 5) is 33.0. The molecule has 0 amide bonds. The summed E-state index contributed by atoms with van der Waals surface area (Å²) < 4.78 is 39.6. The highest BCUT2D eigenvalue weighted by molar-refractivity contribution is 5.91. The molecule has 3 aromatic heterocycles. The average Bonchev–Trinajstić information content (AvgIpc) is 3.52. The van der Waals surface area contributed by atoms with Crippen molar-refractivity contribution in [1.29, 1.82) is 0 Å². The summed E-state index contributed by atoms with van der Waals surface area (Å²) in [6, 6.07) is 7.61. The second-order valence-electron chi connectivity index (χ2n) is 12.0. The molecule has 3 aromatic rings. The summed E-state index contributed by atoms with van der Waals surface area (Å²) in [6.45, 7) is 2.25. The van der Waals surface area contributed by atoms with Crippen LogP contribution in [0.1, 0.15) is 56.2 Å². The second-order valence-corrected chi connectivity index (χ2v) is 12.0. The molecule has 0 radical (unpaired) electrons. The van der Waals surface area contributed by atoms with Gasteiger partial charge in [-0.05, 0) is 81.8 Å². The van der Waals surface area contributed by atoms with Crippen molar-refractivity contribution < 1.29 is 23.1 Å². The lowest BCUT2D eigenvalue weighted by molar-refractivity contribution is -0.137. The fraction of sp³-hybridized carbons (Fsp3) is 0.516. The Hall–Kier alpha value is -3.48. The number of nitrogens with one attached hydrogen (secondary N) is 2. The topological polar surface area (TPSA) is 116 Å². The quantitative estimate of drug-likeness (QED) is 0.374. The van der Waals surface area contributed by atoms with E-state index < -0.39 is 22.9 Å². The summed E-state index contributed by atoms with van der Waals surface area (Å²) in [5.74, 6) is 0.879. The molecule has 2 saturated heterocycles. The minimum atomic E-state index is -4.42. The molecule has 0 bridgehead atoms. The number of ketones is 1. The molecule has 3 aliphatic rings. The lowest BCUT2D eigenvalue weighted by atomic mass is 9.76. The lowest BCUT2D eigenvalue weighted by Gasteiger charge is -2.42. The van der Waals surface area contributed by atoms with Crippen LogP contribution in [0.25, 0.3) is 11.4 Å². The Bertz CT molecular complexity index is 1400. The van der Waals surface area contributed by atoms with Gasteiger partial charge in [0.25, 0.3) is 0 Å². The molecule has 43 heavy (non-hydrogen) atoms. The molecule has 2 aliphatic heterocycles. The molecule has 5 heterocycles. The van der Waals surface area contributed by atoms with Crippen molar-refractivity contribution in [2.45, 2.75) is 68.3 Å². The van der Waals surface area contributed by atoms with Gasteiger partial charge in [0, 0.05) is 61.9 Å². The van der Waals surface area contributed by atoms with E-state index in [4.69, 9.17) is 0 Å². The van der Waals surface area contributed by atoms with E-state index in [1.54, 1.807) is 24.7 Å². The number of nitrogens with zero attached hydrogens (tertiary/aromatic N) is 5. The number of Topliss-reactive ketones (excluding diaryl/α,β-unsaturated/α-hetero) is 1. The van der Waals surface area contributed by atoms with Gasteiger partial charge in [-0.15, -0.1) is 0 Å². The predicted octanol–water partition coefficient (Wildman–Crippen LogP) is 3.89. The lowest BCUT2D eigenvalue weighted by Crippen LogP contribution is -2.61. The molecule has 0 aromatic carbocycles. The van der Waals surface area contributed by atoms with Crippen LogP contribution in [0, 0.1) is 5.92 Å². The van der Waals surface area contributed by atoms with Crippen molar-refractivity contribution in [2.75, 3.05) is 31.1 Å². The first-order valence-corrected chi connectivity index (χ1v) is 14.9. The first-order valence-electron chi connectivity index (χ1n) is 14.9. The van der Waals surface area contributed by atoms with E-state index >= 15 is 0 Å². The molecule has 3 fully saturated rings. The van der Waals surface area contributed by atoms with Gasteiger partial charge in [-0.2, -0.15) is 13.2 Å². The summed E-state index contributed by atoms with van der Waals surface area (Å²) in [7, 11) is 0. The number of aromatic nitrogens is 4. The van der Waals surface area contributed by atoms with Crippen LogP contribution in [0.2, 0.25) is 0 Å². The highest BCUT2D eigenvalue weighted by Crippen LogP contribution is 2.38. The normalized spacial score (nSPS) is 26.9. The number of alkyl halides is 3. The molecular weight excluding hydrogens is 559 g/mol. The minimum Gasteiger partial charge on any atom is -0.384 e. The molecule has 1 saturated carbocycles. The van der Waals surface area contributed by atoms with E-state index in [1.807, 2.05) is 17.0 Å². The van der Waals surface area contributed by atoms with Crippen LogP contribution in [0.3, 0.4) is 0 Å². The van der Waals surface area contributed by atoms with Gasteiger partial charge >= 0.3 is 6.18 Å². The zero-order chi connectivity index (χ0) is 30.1. The molecule has 9 nitrogen and oxygen atoms in total. The van der Waals surface area contributed by atoms with Gasteiger partial charge in [0.05, 0.1) is 16.8 Å². The first kappa shape index (κ1) is 29.6. The Morgan fingerprint density at radius 1 is 0.977 bits per heavy atom. The van der Waals surface area contributed by atoms with Crippen molar-refractivity contribution in [2.24, 2.45) is 5.92 Å². The highest BCUT2D eigenvalue weighted by Gasteiger charge is 2.47. The van der Waals surface area contributed by atoms with Crippen LogP contribution in [-0.4, -0.2) is 68.6 Å². The number of hydrogen-bond donors (Lipinski definition) is 3. The standard InChI is InChI=1S/C31H36F3N7O2/c32-31(33,34)23-6-14-36-26(18-23)41-16-7-21(8-17-41)27(42)29(11-15-35-20-29)40-24-4-9-30(43,10-5-24)25-3-2-22(19-39-25)28-37-12-1-13-38-28/h1-3,6,12-14,18-19,21,24,35,40,43H,4-5,7-11,15-17,20H2/t24?,29-,30?/m0/s1. The van der Waals surface area contributed by atoms with Gasteiger partial charge in [-0.1, -0.05) is 0 Å². The van der Waals surface area contributed by atoms with E-state index in [9.17, 15) is 23.1 Å². The van der Waals surface area contributed by atoms with Crippen molar-refractivity contribution in [1.82, 2.24) is 30.6 Å². The van der Waals surface area contributed by atoms with Gasteiger partial charge in [0.15, 0.2) is 11.6 Å². The maximum atomic E-state index is 14.0. The van der Waals surface area contributed by atoms with Crippen LogP contribution in [-0.2, 0) is 16.6 Å². The SMILES string of the molecule is O=C(C1CCN(c2cc(C(F)(F)F)ccn2)CC1)[C@]1(NC2CCC(O)(c3ccc(-c4ncccn4)cn3)CC2)CCNC1. The molecule has 228 valence electrons. The van der Waals surface area contributed by atoms with Gasteiger partial charge in [0.2, 0.25) is 0 Å². The third-order valence-electron chi connectivity index (χ3n) is 9.25. The third-order valence-corrected chi connectivity index (χ3v) is 9.25. The summed E-state index contributed by atoms with van der Waals surface area (Å²) >= 11 is 0. The van der Waals surface area contributed by atoms with E-state index in [1.165, 1.54) is 6.20 Å². The number of halogens is 3. The van der Waals surface area contributed by atoms with Crippen LogP contribution in [0.5, 0.6) is 0 Å². The molecule has 1 aliphatic carbocycles. The van der Waals surface area contributed by atoms with Gasteiger partial charge in [0.1, 0.15) is 11.4 Å². The van der Waals surface area contributed by atoms with Crippen LogP contribution in [0.15, 0.2) is 55.1 Å². The molecule has 1 atom stereocenters. The number of carbonyl (C=O) groups excluding carboxylic acids is 1.